The van der Waals surface area contributed by atoms with Crippen LogP contribution in [0.3, 0.4) is 0 Å². The normalized spacial score (nSPS) is 9.81. The Balaban J connectivity index is 1.94. The van der Waals surface area contributed by atoms with Gasteiger partial charge in [0, 0.05) is 37.7 Å². The monoisotopic (exact) mass is 282 g/mol. The maximum atomic E-state index is 11.9. The molecule has 1 aromatic carbocycles. The summed E-state index contributed by atoms with van der Waals surface area (Å²) < 4.78 is 0. The summed E-state index contributed by atoms with van der Waals surface area (Å²) in [4.78, 5) is 17.8. The van der Waals surface area contributed by atoms with Gasteiger partial charge in [0.05, 0.1) is 5.70 Å². The molecule has 5 nitrogen and oxygen atoms in total. The van der Waals surface area contributed by atoms with E-state index in [1.807, 2.05) is 43.3 Å². The molecule has 2 rings (SSSR count). The van der Waals surface area contributed by atoms with Crippen molar-refractivity contribution in [2.45, 2.75) is 0 Å². The maximum absolute atomic E-state index is 11.9. The second kappa shape index (κ2) is 6.56. The van der Waals surface area contributed by atoms with E-state index in [0.717, 1.165) is 11.3 Å². The van der Waals surface area contributed by atoms with Crippen LogP contribution in [0.1, 0.15) is 15.9 Å². The van der Waals surface area contributed by atoms with Gasteiger partial charge in [0.2, 0.25) is 0 Å². The largest absolute Gasteiger partial charge is 0.378 e. The Morgan fingerprint density at radius 2 is 1.62 bits per heavy atom. The molecule has 0 radical (unpaired) electrons. The van der Waals surface area contributed by atoms with Gasteiger partial charge in [0.15, 0.2) is 0 Å². The predicted octanol–water partition coefficient (Wildman–Crippen LogP) is 2.05. The van der Waals surface area contributed by atoms with Gasteiger partial charge in [-0.15, -0.1) is 0 Å². The molecule has 0 saturated carbocycles. The highest BCUT2D eigenvalue weighted by Crippen LogP contribution is 2.15. The molecule has 0 spiro atoms. The molecule has 0 fully saturated rings. The lowest BCUT2D eigenvalue weighted by Crippen LogP contribution is -2.35. The number of nitrogens with zero attached hydrogens (tertiary/aromatic N) is 2. The molecule has 0 saturated heterocycles. The molecule has 1 amide bonds. The molecule has 1 aromatic heterocycles. The van der Waals surface area contributed by atoms with Crippen molar-refractivity contribution in [1.29, 1.82) is 0 Å². The number of carbonyl (C=O) groups excluding carboxylic acids is 1. The topological polar surface area (TPSA) is 57.3 Å². The number of nitrogens with one attached hydrogen (secondary N) is 2. The van der Waals surface area contributed by atoms with Gasteiger partial charge < -0.3 is 4.90 Å². The number of amides is 1. The van der Waals surface area contributed by atoms with Crippen molar-refractivity contribution in [2.24, 2.45) is 0 Å². The summed E-state index contributed by atoms with van der Waals surface area (Å²) in [5, 5.41) is 0. The fourth-order valence-electron chi connectivity index (χ4n) is 1.74. The number of pyridine rings is 1. The molecule has 0 aliphatic heterocycles. The van der Waals surface area contributed by atoms with E-state index < -0.39 is 0 Å². The summed E-state index contributed by atoms with van der Waals surface area (Å²) >= 11 is 0. The van der Waals surface area contributed by atoms with Gasteiger partial charge in [-0.25, -0.2) is 0 Å². The van der Waals surface area contributed by atoms with Crippen molar-refractivity contribution < 1.29 is 4.79 Å². The van der Waals surface area contributed by atoms with Crippen LogP contribution in [0.2, 0.25) is 0 Å². The van der Waals surface area contributed by atoms with Gasteiger partial charge in [-0.2, -0.15) is 0 Å². The molecule has 5 heteroatoms. The van der Waals surface area contributed by atoms with E-state index in [9.17, 15) is 4.79 Å². The number of benzene rings is 1. The zero-order valence-electron chi connectivity index (χ0n) is 12.1. The van der Waals surface area contributed by atoms with Gasteiger partial charge in [0.25, 0.3) is 5.91 Å². The lowest BCUT2D eigenvalue weighted by molar-refractivity contribution is 0.0942. The highest BCUT2D eigenvalue weighted by Gasteiger charge is 2.05. The maximum Gasteiger partial charge on any atom is 0.269 e. The Hall–Kier alpha value is -2.82. The van der Waals surface area contributed by atoms with Crippen molar-refractivity contribution in [2.75, 3.05) is 19.0 Å². The molecule has 0 aliphatic carbocycles. The molecule has 0 atom stereocenters. The van der Waals surface area contributed by atoms with Crippen LogP contribution in [0.25, 0.3) is 5.70 Å². The van der Waals surface area contributed by atoms with Crippen LogP contribution in [0.15, 0.2) is 55.4 Å². The fraction of sp³-hybridized carbons (Fsp3) is 0.125. The second-order valence-electron chi connectivity index (χ2n) is 4.73. The first kappa shape index (κ1) is 14.6. The number of anilines is 1. The first-order valence-electron chi connectivity index (χ1n) is 6.51. The van der Waals surface area contributed by atoms with Gasteiger partial charge in [0.1, 0.15) is 0 Å². The first-order valence-corrected chi connectivity index (χ1v) is 6.51. The van der Waals surface area contributed by atoms with E-state index in [4.69, 9.17) is 0 Å². The molecule has 108 valence electrons. The SMILES string of the molecule is C=C(NNC(=O)c1ccncc1)c1ccc(N(C)C)cc1. The molecule has 0 bridgehead atoms. The Kier molecular flexibility index (Phi) is 4.56. The Labute approximate surface area is 124 Å². The van der Waals surface area contributed by atoms with E-state index in [2.05, 4.69) is 22.4 Å². The van der Waals surface area contributed by atoms with Gasteiger partial charge >= 0.3 is 0 Å². The summed E-state index contributed by atoms with van der Waals surface area (Å²) in [6.45, 7) is 3.91. The van der Waals surface area contributed by atoms with Gasteiger partial charge in [-0.1, -0.05) is 18.7 Å². The number of hydrogen-bond donors (Lipinski definition) is 2. The summed E-state index contributed by atoms with van der Waals surface area (Å²) in [7, 11) is 3.97. The Morgan fingerprint density at radius 1 is 1.00 bits per heavy atom. The smallest absolute Gasteiger partial charge is 0.269 e. The van der Waals surface area contributed by atoms with E-state index in [-0.39, 0.29) is 5.91 Å². The third-order valence-electron chi connectivity index (χ3n) is 3.00. The van der Waals surface area contributed by atoms with Crippen LogP contribution in [0, 0.1) is 0 Å². The number of hydrogen-bond acceptors (Lipinski definition) is 4. The van der Waals surface area contributed by atoms with Crippen LogP contribution < -0.4 is 15.8 Å². The van der Waals surface area contributed by atoms with Gasteiger partial charge in [-0.3, -0.25) is 20.6 Å². The number of rotatable bonds is 5. The van der Waals surface area contributed by atoms with Crippen LogP contribution in [0.5, 0.6) is 0 Å². The fourth-order valence-corrected chi connectivity index (χ4v) is 1.74. The Bertz CT molecular complexity index is 620. The van der Waals surface area contributed by atoms with E-state index >= 15 is 0 Å². The molecule has 2 N–H and O–H groups in total. The zero-order chi connectivity index (χ0) is 15.2. The first-order chi connectivity index (χ1) is 10.1. The van der Waals surface area contributed by atoms with Crippen molar-refractivity contribution in [3.8, 4) is 0 Å². The molecule has 1 heterocycles. The average molecular weight is 282 g/mol. The molecule has 2 aromatic rings. The van der Waals surface area contributed by atoms with Crippen molar-refractivity contribution in [1.82, 2.24) is 15.8 Å². The zero-order valence-corrected chi connectivity index (χ0v) is 12.1. The number of aromatic nitrogens is 1. The minimum Gasteiger partial charge on any atom is -0.378 e. The van der Waals surface area contributed by atoms with E-state index in [1.165, 1.54) is 0 Å². The van der Waals surface area contributed by atoms with E-state index in [0.29, 0.717) is 11.3 Å². The minimum absolute atomic E-state index is 0.233. The van der Waals surface area contributed by atoms with Crippen molar-refractivity contribution in [3.63, 3.8) is 0 Å². The molecule has 0 aliphatic rings. The standard InChI is InChI=1S/C16H18N4O/c1-12(13-4-6-15(7-5-13)20(2)3)18-19-16(21)14-8-10-17-11-9-14/h4-11,18H,1H2,2-3H3,(H,19,21). The van der Waals surface area contributed by atoms with Crippen molar-refractivity contribution in [3.05, 3.63) is 66.5 Å². The highest BCUT2D eigenvalue weighted by atomic mass is 16.2. The lowest BCUT2D eigenvalue weighted by Gasteiger charge is -2.14. The third kappa shape index (κ3) is 3.82. The third-order valence-corrected chi connectivity index (χ3v) is 3.00. The summed E-state index contributed by atoms with van der Waals surface area (Å²) in [5.74, 6) is -0.233. The van der Waals surface area contributed by atoms with Crippen molar-refractivity contribution >= 4 is 17.3 Å². The average Bonchev–Trinajstić information content (AvgIpc) is 2.53. The molecular weight excluding hydrogens is 264 g/mol. The number of carbonyl (C=O) groups is 1. The molecule has 0 unspecified atom stereocenters. The lowest BCUT2D eigenvalue weighted by atomic mass is 10.1. The van der Waals surface area contributed by atoms with Gasteiger partial charge in [-0.05, 0) is 29.8 Å². The molecular formula is C16H18N4O. The summed E-state index contributed by atoms with van der Waals surface area (Å²) in [6.07, 6.45) is 3.15. The quantitative estimate of drug-likeness (QED) is 0.824. The van der Waals surface area contributed by atoms with Crippen LogP contribution in [-0.2, 0) is 0 Å². The van der Waals surface area contributed by atoms with Crippen LogP contribution >= 0.6 is 0 Å². The summed E-state index contributed by atoms with van der Waals surface area (Å²) in [6, 6.07) is 11.2. The van der Waals surface area contributed by atoms with E-state index in [1.54, 1.807) is 24.5 Å². The predicted molar refractivity (Wildman–Crippen MR) is 84.6 cm³/mol. The highest BCUT2D eigenvalue weighted by molar-refractivity contribution is 5.94. The Morgan fingerprint density at radius 3 is 2.19 bits per heavy atom. The second-order valence-corrected chi connectivity index (χ2v) is 4.73. The number of hydrazine groups is 1. The summed E-state index contributed by atoms with van der Waals surface area (Å²) in [5.41, 5.74) is 8.61. The molecule has 21 heavy (non-hydrogen) atoms. The van der Waals surface area contributed by atoms with Crippen LogP contribution in [-0.4, -0.2) is 25.0 Å². The van der Waals surface area contributed by atoms with Crippen LogP contribution in [0.4, 0.5) is 5.69 Å². The minimum atomic E-state index is -0.233.